The number of fused-ring (bicyclic) bond motifs is 1. The molecular formula is C15H19N3OS. The topological polar surface area (TPSA) is 58.4 Å². The number of piperidine rings is 1. The van der Waals surface area contributed by atoms with Crippen LogP contribution in [0.1, 0.15) is 22.5 Å². The smallest absolute Gasteiger partial charge is 0.261 e. The lowest BCUT2D eigenvalue weighted by Gasteiger charge is -2.30. The van der Waals surface area contributed by atoms with Crippen molar-refractivity contribution in [3.63, 3.8) is 0 Å². The first-order valence-corrected chi connectivity index (χ1v) is 7.72. The highest BCUT2D eigenvalue weighted by molar-refractivity contribution is 7.20. The number of carbonyl (C=O) groups excluding carboxylic acids is 1. The van der Waals surface area contributed by atoms with Gasteiger partial charge in [0, 0.05) is 23.0 Å². The largest absolute Gasteiger partial charge is 0.399 e. The fourth-order valence-electron chi connectivity index (χ4n) is 2.71. The Morgan fingerprint density at radius 3 is 3.10 bits per heavy atom. The zero-order chi connectivity index (χ0) is 14.1. The lowest BCUT2D eigenvalue weighted by Crippen LogP contribution is -2.46. The van der Waals surface area contributed by atoms with Crippen molar-refractivity contribution in [3.05, 3.63) is 29.1 Å². The van der Waals surface area contributed by atoms with E-state index in [9.17, 15) is 4.79 Å². The van der Waals surface area contributed by atoms with Crippen molar-refractivity contribution in [2.24, 2.45) is 0 Å². The van der Waals surface area contributed by atoms with E-state index in [0.717, 1.165) is 46.6 Å². The van der Waals surface area contributed by atoms with Gasteiger partial charge in [-0.25, -0.2) is 0 Å². The first-order chi connectivity index (χ1) is 9.61. The van der Waals surface area contributed by atoms with Crippen LogP contribution in [0.2, 0.25) is 0 Å². The molecular weight excluding hydrogens is 270 g/mol. The average molecular weight is 289 g/mol. The molecule has 1 aromatic heterocycles. The van der Waals surface area contributed by atoms with Gasteiger partial charge < -0.3 is 16.0 Å². The number of nitrogens with zero attached hydrogens (tertiary/aromatic N) is 1. The minimum atomic E-state index is 0.0325. The Kier molecular flexibility index (Phi) is 3.63. The van der Waals surface area contributed by atoms with Gasteiger partial charge >= 0.3 is 0 Å². The van der Waals surface area contributed by atoms with Crippen LogP contribution in [-0.2, 0) is 0 Å². The number of hydrogen-bond acceptors (Lipinski definition) is 4. The molecule has 1 aliphatic heterocycles. The summed E-state index contributed by atoms with van der Waals surface area (Å²) in [6.07, 6.45) is 2.21. The standard InChI is InChI=1S/C15H19N3OS/c1-18-6-2-3-12(9-18)17-15(19)14-8-10-7-11(16)4-5-13(10)20-14/h4-5,7-8,12H,2-3,6,9,16H2,1H3,(H,17,19). The Morgan fingerprint density at radius 1 is 1.45 bits per heavy atom. The number of nitrogens with one attached hydrogen (secondary N) is 1. The second kappa shape index (κ2) is 5.42. The van der Waals surface area contributed by atoms with E-state index in [1.54, 1.807) is 0 Å². The SMILES string of the molecule is CN1CCCC(NC(=O)c2cc3cc(N)ccc3s2)C1. The van der Waals surface area contributed by atoms with Crippen molar-refractivity contribution in [1.82, 2.24) is 10.2 Å². The van der Waals surface area contributed by atoms with Gasteiger partial charge in [0.25, 0.3) is 5.91 Å². The molecule has 5 heteroatoms. The Labute approximate surface area is 122 Å². The van der Waals surface area contributed by atoms with Gasteiger partial charge in [-0.05, 0) is 56.1 Å². The summed E-state index contributed by atoms with van der Waals surface area (Å²) in [5.41, 5.74) is 6.51. The molecule has 3 rings (SSSR count). The molecule has 1 amide bonds. The summed E-state index contributed by atoms with van der Waals surface area (Å²) >= 11 is 1.52. The van der Waals surface area contributed by atoms with Gasteiger partial charge in [-0.1, -0.05) is 0 Å². The molecule has 3 N–H and O–H groups in total. The molecule has 0 aliphatic carbocycles. The number of rotatable bonds is 2. The van der Waals surface area contributed by atoms with E-state index in [1.165, 1.54) is 11.3 Å². The first-order valence-electron chi connectivity index (χ1n) is 6.90. The van der Waals surface area contributed by atoms with E-state index >= 15 is 0 Å². The van der Waals surface area contributed by atoms with Crippen molar-refractivity contribution in [2.75, 3.05) is 25.9 Å². The van der Waals surface area contributed by atoms with Crippen molar-refractivity contribution < 1.29 is 4.79 Å². The molecule has 0 radical (unpaired) electrons. The molecule has 1 saturated heterocycles. The van der Waals surface area contributed by atoms with E-state index in [4.69, 9.17) is 5.73 Å². The van der Waals surface area contributed by atoms with Gasteiger partial charge in [0.15, 0.2) is 0 Å². The van der Waals surface area contributed by atoms with Crippen LogP contribution >= 0.6 is 11.3 Å². The van der Waals surface area contributed by atoms with Crippen LogP contribution in [0.3, 0.4) is 0 Å². The van der Waals surface area contributed by atoms with Gasteiger partial charge in [-0.3, -0.25) is 4.79 Å². The summed E-state index contributed by atoms with van der Waals surface area (Å²) in [5.74, 6) is 0.0325. The van der Waals surface area contributed by atoms with Crippen LogP contribution < -0.4 is 11.1 Å². The van der Waals surface area contributed by atoms with Crippen molar-refractivity contribution >= 4 is 33.0 Å². The monoisotopic (exact) mass is 289 g/mol. The second-order valence-corrected chi connectivity index (χ2v) is 6.57. The average Bonchev–Trinajstić information content (AvgIpc) is 2.81. The van der Waals surface area contributed by atoms with Gasteiger partial charge in [0.05, 0.1) is 4.88 Å². The number of benzene rings is 1. The fourth-order valence-corrected chi connectivity index (χ4v) is 3.66. The molecule has 1 fully saturated rings. The predicted molar refractivity (Wildman–Crippen MR) is 84.2 cm³/mol. The molecule has 1 unspecified atom stereocenters. The quantitative estimate of drug-likeness (QED) is 0.834. The van der Waals surface area contributed by atoms with E-state index in [2.05, 4.69) is 17.3 Å². The highest BCUT2D eigenvalue weighted by Crippen LogP contribution is 2.27. The van der Waals surface area contributed by atoms with Crippen LogP contribution in [0.15, 0.2) is 24.3 Å². The Balaban J connectivity index is 1.75. The second-order valence-electron chi connectivity index (χ2n) is 5.48. The summed E-state index contributed by atoms with van der Waals surface area (Å²) in [6, 6.07) is 7.95. The maximum Gasteiger partial charge on any atom is 0.261 e. The van der Waals surface area contributed by atoms with Gasteiger partial charge in [-0.2, -0.15) is 0 Å². The van der Waals surface area contributed by atoms with Crippen LogP contribution in [0.4, 0.5) is 5.69 Å². The summed E-state index contributed by atoms with van der Waals surface area (Å²) in [5, 5.41) is 4.18. The molecule has 20 heavy (non-hydrogen) atoms. The molecule has 1 aliphatic rings. The number of carbonyl (C=O) groups is 1. The van der Waals surface area contributed by atoms with E-state index in [-0.39, 0.29) is 11.9 Å². The highest BCUT2D eigenvalue weighted by Gasteiger charge is 2.20. The maximum absolute atomic E-state index is 12.3. The molecule has 0 spiro atoms. The lowest BCUT2D eigenvalue weighted by molar-refractivity contribution is 0.0917. The van der Waals surface area contributed by atoms with Crippen molar-refractivity contribution in [2.45, 2.75) is 18.9 Å². The summed E-state index contributed by atoms with van der Waals surface area (Å²) in [7, 11) is 2.10. The molecule has 1 atom stereocenters. The molecule has 0 saturated carbocycles. The van der Waals surface area contributed by atoms with Gasteiger partial charge in [-0.15, -0.1) is 11.3 Å². The zero-order valence-corrected chi connectivity index (χ0v) is 12.4. The highest BCUT2D eigenvalue weighted by atomic mass is 32.1. The molecule has 4 nitrogen and oxygen atoms in total. The molecule has 2 aromatic rings. The predicted octanol–water partition coefficient (Wildman–Crippen LogP) is 2.31. The van der Waals surface area contributed by atoms with Crippen LogP contribution in [-0.4, -0.2) is 37.0 Å². The number of hydrogen-bond donors (Lipinski definition) is 2. The van der Waals surface area contributed by atoms with Gasteiger partial charge in [0.2, 0.25) is 0 Å². The number of anilines is 1. The zero-order valence-electron chi connectivity index (χ0n) is 11.6. The number of nitrogen functional groups attached to an aromatic ring is 1. The minimum Gasteiger partial charge on any atom is -0.399 e. The number of nitrogens with two attached hydrogens (primary N) is 1. The number of likely N-dealkylation sites (tertiary alicyclic amines) is 1. The van der Waals surface area contributed by atoms with Crippen LogP contribution in [0.5, 0.6) is 0 Å². The normalized spacial score (nSPS) is 20.1. The van der Waals surface area contributed by atoms with Gasteiger partial charge in [0.1, 0.15) is 0 Å². The number of likely N-dealkylation sites (N-methyl/N-ethyl adjacent to an activating group) is 1. The molecule has 0 bridgehead atoms. The maximum atomic E-state index is 12.3. The summed E-state index contributed by atoms with van der Waals surface area (Å²) in [6.45, 7) is 2.05. The number of thiophene rings is 1. The minimum absolute atomic E-state index is 0.0325. The van der Waals surface area contributed by atoms with Crippen molar-refractivity contribution in [3.8, 4) is 0 Å². The van der Waals surface area contributed by atoms with E-state index in [1.807, 2.05) is 24.3 Å². The fraction of sp³-hybridized carbons (Fsp3) is 0.400. The third-order valence-corrected chi connectivity index (χ3v) is 4.84. The number of amides is 1. The molecule has 2 heterocycles. The summed E-state index contributed by atoms with van der Waals surface area (Å²) < 4.78 is 1.10. The third kappa shape index (κ3) is 2.78. The molecule has 1 aromatic carbocycles. The molecule has 106 valence electrons. The van der Waals surface area contributed by atoms with E-state index < -0.39 is 0 Å². The first kappa shape index (κ1) is 13.4. The van der Waals surface area contributed by atoms with Crippen molar-refractivity contribution in [1.29, 1.82) is 0 Å². The lowest BCUT2D eigenvalue weighted by atomic mass is 10.1. The van der Waals surface area contributed by atoms with Crippen LogP contribution in [0, 0.1) is 0 Å². The Hall–Kier alpha value is -1.59. The Bertz CT molecular complexity index is 637. The summed E-state index contributed by atoms with van der Waals surface area (Å²) in [4.78, 5) is 15.4. The van der Waals surface area contributed by atoms with E-state index in [0.29, 0.717) is 0 Å². The third-order valence-electron chi connectivity index (χ3n) is 3.72. The van der Waals surface area contributed by atoms with Crippen LogP contribution in [0.25, 0.3) is 10.1 Å². The Morgan fingerprint density at radius 2 is 2.30 bits per heavy atom.